The molecule has 0 saturated carbocycles. The van der Waals surface area contributed by atoms with E-state index in [1.807, 2.05) is 25.1 Å². The summed E-state index contributed by atoms with van der Waals surface area (Å²) in [5.41, 5.74) is 1.94. The van der Waals surface area contributed by atoms with Crippen LogP contribution in [0.15, 0.2) is 30.7 Å². The number of nitrogens with one attached hydrogen (secondary N) is 1. The smallest absolute Gasteiger partial charge is 0.137 e. The van der Waals surface area contributed by atoms with Crippen molar-refractivity contribution in [1.82, 2.24) is 15.0 Å². The van der Waals surface area contributed by atoms with E-state index in [9.17, 15) is 0 Å². The number of rotatable bonds is 5. The molecule has 5 heteroatoms. The number of halogens is 1. The molecular formula is C14H17ClN4. The van der Waals surface area contributed by atoms with Crippen LogP contribution >= 0.6 is 11.6 Å². The number of aromatic nitrogens is 3. The molecule has 0 aliphatic rings. The predicted octanol–water partition coefficient (Wildman–Crippen LogP) is 3.65. The maximum atomic E-state index is 6.13. The van der Waals surface area contributed by atoms with Crippen LogP contribution in [0.1, 0.15) is 37.6 Å². The lowest BCUT2D eigenvalue weighted by molar-refractivity contribution is 0.817. The fraction of sp³-hybridized carbons (Fsp3) is 0.357. The van der Waals surface area contributed by atoms with Crippen LogP contribution in [0.5, 0.6) is 0 Å². The molecule has 2 heterocycles. The first kappa shape index (κ1) is 13.7. The summed E-state index contributed by atoms with van der Waals surface area (Å²) in [6.07, 6.45) is 5.12. The van der Waals surface area contributed by atoms with Gasteiger partial charge < -0.3 is 5.32 Å². The van der Waals surface area contributed by atoms with Crippen LogP contribution < -0.4 is 5.32 Å². The summed E-state index contributed by atoms with van der Waals surface area (Å²) in [7, 11) is 0. The zero-order valence-corrected chi connectivity index (χ0v) is 11.9. The Kier molecular flexibility index (Phi) is 4.68. The summed E-state index contributed by atoms with van der Waals surface area (Å²) in [4.78, 5) is 12.7. The Hall–Kier alpha value is -1.68. The third kappa shape index (κ3) is 3.41. The molecule has 2 rings (SSSR count). The van der Waals surface area contributed by atoms with Crippen LogP contribution in [-0.2, 0) is 6.42 Å². The standard InChI is InChI=1S/C14H17ClN4/c1-3-6-11-13(15)17-9-18-14(11)19-10(2)12-7-4-5-8-16-12/h4-5,7-10H,3,6H2,1-2H3,(H,17,18,19). The van der Waals surface area contributed by atoms with Crippen LogP contribution in [0.4, 0.5) is 5.82 Å². The van der Waals surface area contributed by atoms with E-state index in [0.717, 1.165) is 29.9 Å². The average molecular weight is 277 g/mol. The first-order chi connectivity index (χ1) is 9.22. The molecule has 0 aliphatic heterocycles. The minimum absolute atomic E-state index is 0.0720. The van der Waals surface area contributed by atoms with Gasteiger partial charge in [0.1, 0.15) is 17.3 Å². The van der Waals surface area contributed by atoms with Gasteiger partial charge in [0.15, 0.2) is 0 Å². The van der Waals surface area contributed by atoms with E-state index in [1.165, 1.54) is 6.33 Å². The predicted molar refractivity (Wildman–Crippen MR) is 77.3 cm³/mol. The van der Waals surface area contributed by atoms with Crippen molar-refractivity contribution in [3.63, 3.8) is 0 Å². The summed E-state index contributed by atoms with van der Waals surface area (Å²) in [6, 6.07) is 5.93. The first-order valence-corrected chi connectivity index (χ1v) is 6.77. The Morgan fingerprint density at radius 2 is 2.11 bits per heavy atom. The highest BCUT2D eigenvalue weighted by Crippen LogP contribution is 2.24. The van der Waals surface area contributed by atoms with Gasteiger partial charge in [0.05, 0.1) is 11.7 Å². The second-order valence-corrected chi connectivity index (χ2v) is 4.72. The summed E-state index contributed by atoms with van der Waals surface area (Å²) in [6.45, 7) is 4.16. The Balaban J connectivity index is 2.21. The highest BCUT2D eigenvalue weighted by molar-refractivity contribution is 6.30. The zero-order chi connectivity index (χ0) is 13.7. The molecule has 0 fully saturated rings. The van der Waals surface area contributed by atoms with Crippen LogP contribution in [0.3, 0.4) is 0 Å². The molecule has 100 valence electrons. The molecule has 1 N–H and O–H groups in total. The van der Waals surface area contributed by atoms with Gasteiger partial charge in [0.25, 0.3) is 0 Å². The van der Waals surface area contributed by atoms with E-state index in [2.05, 4.69) is 27.2 Å². The summed E-state index contributed by atoms with van der Waals surface area (Å²) in [5, 5.41) is 3.88. The van der Waals surface area contributed by atoms with Crippen molar-refractivity contribution in [2.75, 3.05) is 5.32 Å². The summed E-state index contributed by atoms with van der Waals surface area (Å²) >= 11 is 6.13. The number of anilines is 1. The maximum absolute atomic E-state index is 6.13. The second-order valence-electron chi connectivity index (χ2n) is 4.36. The lowest BCUT2D eigenvalue weighted by atomic mass is 10.1. The number of pyridine rings is 1. The van der Waals surface area contributed by atoms with E-state index < -0.39 is 0 Å². The lowest BCUT2D eigenvalue weighted by Gasteiger charge is -2.16. The van der Waals surface area contributed by atoms with Gasteiger partial charge >= 0.3 is 0 Å². The average Bonchev–Trinajstić information content (AvgIpc) is 2.43. The molecule has 0 spiro atoms. The largest absolute Gasteiger partial charge is 0.362 e. The van der Waals surface area contributed by atoms with Gasteiger partial charge in [0, 0.05) is 11.8 Å². The van der Waals surface area contributed by atoms with Gasteiger partial charge in [-0.15, -0.1) is 0 Å². The van der Waals surface area contributed by atoms with Crippen molar-refractivity contribution in [2.45, 2.75) is 32.7 Å². The van der Waals surface area contributed by atoms with Gasteiger partial charge in [-0.2, -0.15) is 0 Å². The normalized spacial score (nSPS) is 12.2. The fourth-order valence-corrected chi connectivity index (χ4v) is 2.13. The Morgan fingerprint density at radius 1 is 1.26 bits per heavy atom. The Bertz CT molecular complexity index is 530. The van der Waals surface area contributed by atoms with Crippen molar-refractivity contribution in [2.24, 2.45) is 0 Å². The molecule has 1 atom stereocenters. The highest BCUT2D eigenvalue weighted by Gasteiger charge is 2.13. The number of hydrogen-bond donors (Lipinski definition) is 1. The van der Waals surface area contributed by atoms with Crippen LogP contribution in [0.25, 0.3) is 0 Å². The molecule has 0 aliphatic carbocycles. The Morgan fingerprint density at radius 3 is 2.79 bits per heavy atom. The van der Waals surface area contributed by atoms with Crippen molar-refractivity contribution in [1.29, 1.82) is 0 Å². The quantitative estimate of drug-likeness (QED) is 0.847. The molecule has 0 radical (unpaired) electrons. The van der Waals surface area contributed by atoms with E-state index >= 15 is 0 Å². The molecule has 0 saturated heterocycles. The van der Waals surface area contributed by atoms with Gasteiger partial charge in [0.2, 0.25) is 0 Å². The maximum Gasteiger partial charge on any atom is 0.137 e. The van der Waals surface area contributed by atoms with Gasteiger partial charge in [-0.05, 0) is 25.5 Å². The Labute approximate surface area is 118 Å². The third-order valence-corrected chi connectivity index (χ3v) is 3.20. The van der Waals surface area contributed by atoms with Crippen molar-refractivity contribution in [3.8, 4) is 0 Å². The van der Waals surface area contributed by atoms with E-state index in [4.69, 9.17) is 11.6 Å². The van der Waals surface area contributed by atoms with E-state index in [0.29, 0.717) is 5.15 Å². The second kappa shape index (κ2) is 6.48. The SMILES string of the molecule is CCCc1c(Cl)ncnc1NC(C)c1ccccn1. The van der Waals surface area contributed by atoms with Crippen LogP contribution in [-0.4, -0.2) is 15.0 Å². The molecule has 1 unspecified atom stereocenters. The molecule has 2 aromatic rings. The molecular weight excluding hydrogens is 260 g/mol. The molecule has 0 amide bonds. The first-order valence-electron chi connectivity index (χ1n) is 6.39. The minimum Gasteiger partial charge on any atom is -0.362 e. The summed E-state index contributed by atoms with van der Waals surface area (Å²) in [5.74, 6) is 0.792. The van der Waals surface area contributed by atoms with Crippen LogP contribution in [0, 0.1) is 0 Å². The minimum atomic E-state index is 0.0720. The summed E-state index contributed by atoms with van der Waals surface area (Å²) < 4.78 is 0. The molecule has 2 aromatic heterocycles. The monoisotopic (exact) mass is 276 g/mol. The van der Waals surface area contributed by atoms with E-state index in [1.54, 1.807) is 6.20 Å². The van der Waals surface area contributed by atoms with Gasteiger partial charge in [-0.25, -0.2) is 9.97 Å². The van der Waals surface area contributed by atoms with Crippen molar-refractivity contribution < 1.29 is 0 Å². The molecule has 4 nitrogen and oxygen atoms in total. The topological polar surface area (TPSA) is 50.7 Å². The lowest BCUT2D eigenvalue weighted by Crippen LogP contribution is -2.12. The van der Waals surface area contributed by atoms with Crippen molar-refractivity contribution >= 4 is 17.4 Å². The fourth-order valence-electron chi connectivity index (χ4n) is 1.90. The molecule has 19 heavy (non-hydrogen) atoms. The molecule has 0 bridgehead atoms. The zero-order valence-electron chi connectivity index (χ0n) is 11.1. The van der Waals surface area contributed by atoms with E-state index in [-0.39, 0.29) is 6.04 Å². The van der Waals surface area contributed by atoms with Crippen molar-refractivity contribution in [3.05, 3.63) is 47.1 Å². The molecule has 0 aromatic carbocycles. The number of hydrogen-bond acceptors (Lipinski definition) is 4. The van der Waals surface area contributed by atoms with Crippen LogP contribution in [0.2, 0.25) is 5.15 Å². The highest BCUT2D eigenvalue weighted by atomic mass is 35.5. The number of nitrogens with zero attached hydrogens (tertiary/aromatic N) is 3. The van der Waals surface area contributed by atoms with Gasteiger partial charge in [-0.3, -0.25) is 4.98 Å². The van der Waals surface area contributed by atoms with Gasteiger partial charge in [-0.1, -0.05) is 31.0 Å². The third-order valence-electron chi connectivity index (χ3n) is 2.88.